The van der Waals surface area contributed by atoms with Gasteiger partial charge in [0, 0.05) is 0 Å². The Balaban J connectivity index is 5.30. The SMILES string of the molecule is C=COP(=O)(O[PH](=O)OP(=O)(OC=C)OP(=O)(O)O)OP(=O)(O)O. The van der Waals surface area contributed by atoms with Gasteiger partial charge in [0.1, 0.15) is 0 Å². The molecule has 0 aliphatic heterocycles. The lowest BCUT2D eigenvalue weighted by Crippen LogP contribution is -1.95. The molecule has 0 aromatic heterocycles. The van der Waals surface area contributed by atoms with Crippen molar-refractivity contribution < 1.29 is 68.7 Å². The molecule has 0 aromatic rings. The molecule has 0 aromatic carbocycles. The van der Waals surface area contributed by atoms with E-state index in [2.05, 4.69) is 39.4 Å². The zero-order valence-electron chi connectivity index (χ0n) is 11.1. The van der Waals surface area contributed by atoms with Crippen LogP contribution in [0.4, 0.5) is 0 Å². The number of hydrogen-bond donors (Lipinski definition) is 4. The highest BCUT2D eigenvalue weighted by Crippen LogP contribution is 2.70. The van der Waals surface area contributed by atoms with Crippen LogP contribution in [0, 0.1) is 0 Å². The van der Waals surface area contributed by atoms with E-state index in [1.165, 1.54) is 0 Å². The van der Waals surface area contributed by atoms with Gasteiger partial charge in [0.15, 0.2) is 0 Å². The summed E-state index contributed by atoms with van der Waals surface area (Å²) < 4.78 is 79.5. The molecule has 0 saturated carbocycles. The average molecular weight is 454 g/mol. The molecular weight excluding hydrogens is 443 g/mol. The van der Waals surface area contributed by atoms with Crippen molar-refractivity contribution in [2.45, 2.75) is 0 Å². The molecule has 0 amide bonds. The minimum absolute atomic E-state index is 0.331. The van der Waals surface area contributed by atoms with E-state index in [0.717, 1.165) is 0 Å². The van der Waals surface area contributed by atoms with E-state index in [1.807, 2.05) is 0 Å². The molecule has 2 unspecified atom stereocenters. The van der Waals surface area contributed by atoms with Crippen LogP contribution in [0.15, 0.2) is 25.7 Å². The Morgan fingerprint density at radius 3 is 1.25 bits per heavy atom. The van der Waals surface area contributed by atoms with Gasteiger partial charge in [0.2, 0.25) is 0 Å². The Hall–Kier alpha value is -0.0900. The normalized spacial score (nSPS) is 18.7. The van der Waals surface area contributed by atoms with Gasteiger partial charge in [0.05, 0.1) is 12.5 Å². The largest absolute Gasteiger partial charge is 0.545 e. The van der Waals surface area contributed by atoms with E-state index < -0.39 is 39.5 Å². The molecule has 0 spiro atoms. The maximum absolute atomic E-state index is 11.7. The van der Waals surface area contributed by atoms with Gasteiger partial charge >= 0.3 is 39.5 Å². The molecule has 20 heteroatoms. The second-order valence-corrected chi connectivity index (χ2v) is 10.5. The van der Waals surface area contributed by atoms with Crippen molar-refractivity contribution in [2.75, 3.05) is 0 Å². The third-order valence-corrected chi connectivity index (χ3v) is 8.29. The summed E-state index contributed by atoms with van der Waals surface area (Å²) >= 11 is 0. The van der Waals surface area contributed by atoms with E-state index >= 15 is 0 Å². The summed E-state index contributed by atoms with van der Waals surface area (Å²) in [5.41, 5.74) is 0. The topological polar surface area (TPSA) is 222 Å². The lowest BCUT2D eigenvalue weighted by molar-refractivity contribution is 0.207. The zero-order chi connectivity index (χ0) is 19.2. The first kappa shape index (κ1) is 23.9. The van der Waals surface area contributed by atoms with Gasteiger partial charge < -0.3 is 28.6 Å². The lowest BCUT2D eigenvalue weighted by atomic mass is 11.2. The van der Waals surface area contributed by atoms with Crippen LogP contribution in [-0.2, 0) is 49.1 Å². The van der Waals surface area contributed by atoms with Gasteiger partial charge in [-0.05, 0) is 0 Å². The van der Waals surface area contributed by atoms with Gasteiger partial charge in [-0.2, -0.15) is 17.2 Å². The maximum atomic E-state index is 11.7. The zero-order valence-corrected chi connectivity index (χ0v) is 15.7. The van der Waals surface area contributed by atoms with Crippen LogP contribution >= 0.6 is 39.5 Å². The summed E-state index contributed by atoms with van der Waals surface area (Å²) in [5, 5.41) is 0. The van der Waals surface area contributed by atoms with Gasteiger partial charge in [0.25, 0.3) is 0 Å². The first-order valence-electron chi connectivity index (χ1n) is 4.89. The molecule has 0 fully saturated rings. The minimum Gasteiger partial charge on any atom is -0.412 e. The second kappa shape index (κ2) is 9.02. The number of phosphoric acid groups is 4. The van der Waals surface area contributed by atoms with Gasteiger partial charge in [-0.25, -0.2) is 18.3 Å². The van der Waals surface area contributed by atoms with E-state index in [0.29, 0.717) is 12.5 Å². The molecule has 142 valence electrons. The maximum Gasteiger partial charge on any atom is 0.545 e. The Labute approximate surface area is 134 Å². The molecule has 4 N–H and O–H groups in total. The summed E-state index contributed by atoms with van der Waals surface area (Å²) in [4.78, 5) is 34.1. The molecule has 0 radical (unpaired) electrons. The predicted octanol–water partition coefficient (Wildman–Crippen LogP) is 2.16. The van der Waals surface area contributed by atoms with Crippen molar-refractivity contribution >= 4 is 39.5 Å². The summed E-state index contributed by atoms with van der Waals surface area (Å²) in [6.07, 6.45) is 0.662. The summed E-state index contributed by atoms with van der Waals surface area (Å²) in [5.74, 6) is 0. The molecule has 0 bridgehead atoms. The van der Waals surface area contributed by atoms with Crippen molar-refractivity contribution in [1.82, 2.24) is 0 Å². The Morgan fingerprint density at radius 2 is 1.04 bits per heavy atom. The van der Waals surface area contributed by atoms with Crippen LogP contribution in [-0.4, -0.2) is 19.6 Å². The Kier molecular flexibility index (Phi) is 8.99. The third kappa shape index (κ3) is 10.7. The first-order valence-corrected chi connectivity index (χ1v) is 12.1. The monoisotopic (exact) mass is 454 g/mol. The van der Waals surface area contributed by atoms with Crippen molar-refractivity contribution in [1.29, 1.82) is 0 Å². The van der Waals surface area contributed by atoms with E-state index in [1.54, 1.807) is 0 Å². The highest BCUT2D eigenvalue weighted by Gasteiger charge is 2.43. The van der Waals surface area contributed by atoms with Crippen LogP contribution in [0.3, 0.4) is 0 Å². The molecule has 0 heterocycles. The minimum atomic E-state index is -5.48. The van der Waals surface area contributed by atoms with E-state index in [9.17, 15) is 22.8 Å². The lowest BCUT2D eigenvalue weighted by Gasteiger charge is -2.18. The summed E-state index contributed by atoms with van der Waals surface area (Å²) in [6.45, 7) is 5.75. The first-order chi connectivity index (χ1) is 10.6. The van der Waals surface area contributed by atoms with Gasteiger partial charge in [-0.15, -0.1) is 0 Å². The average Bonchev–Trinajstić information content (AvgIpc) is 2.21. The van der Waals surface area contributed by atoms with Crippen LogP contribution < -0.4 is 0 Å². The van der Waals surface area contributed by atoms with Gasteiger partial charge in [-0.1, -0.05) is 13.2 Å². The van der Waals surface area contributed by atoms with Crippen molar-refractivity contribution in [2.24, 2.45) is 0 Å². The van der Waals surface area contributed by atoms with Gasteiger partial charge in [-0.3, -0.25) is 4.57 Å². The third-order valence-electron chi connectivity index (χ3n) is 1.19. The Bertz CT molecular complexity index is 611. The van der Waals surface area contributed by atoms with Crippen molar-refractivity contribution in [3.8, 4) is 0 Å². The fraction of sp³-hybridized carbons (Fsp3) is 0. The highest BCUT2D eigenvalue weighted by molar-refractivity contribution is 7.68. The molecule has 0 saturated heterocycles. The molecular formula is C4H11O15P5. The predicted molar refractivity (Wildman–Crippen MR) is 75.2 cm³/mol. The molecule has 0 aliphatic rings. The standard InChI is InChI=1S/C4H11O15P5/c1-3-14-23(12,18-21(6,7)8)16-20(5)17-24(13,15-4-2)19-22(9,10)11/h3-4,20H,1-2H2,(H2,6,7,8)(H2,9,10,11). The molecule has 0 rings (SSSR count). The van der Waals surface area contributed by atoms with Crippen molar-refractivity contribution in [3.63, 3.8) is 0 Å². The fourth-order valence-electron chi connectivity index (χ4n) is 0.757. The molecule has 0 aliphatic carbocycles. The van der Waals surface area contributed by atoms with E-state index in [-0.39, 0.29) is 0 Å². The Morgan fingerprint density at radius 1 is 0.750 bits per heavy atom. The number of hydrogen-bond acceptors (Lipinski definition) is 11. The van der Waals surface area contributed by atoms with Crippen molar-refractivity contribution in [3.05, 3.63) is 25.7 Å². The summed E-state index contributed by atoms with van der Waals surface area (Å²) in [7, 11) is -25.9. The molecule has 15 nitrogen and oxygen atoms in total. The van der Waals surface area contributed by atoms with Crippen LogP contribution in [0.25, 0.3) is 0 Å². The van der Waals surface area contributed by atoms with Crippen LogP contribution in [0.1, 0.15) is 0 Å². The molecule has 24 heavy (non-hydrogen) atoms. The highest BCUT2D eigenvalue weighted by atomic mass is 31.3. The summed E-state index contributed by atoms with van der Waals surface area (Å²) in [6, 6.07) is 0. The smallest absolute Gasteiger partial charge is 0.412 e. The van der Waals surface area contributed by atoms with Crippen LogP contribution in [0.2, 0.25) is 0 Å². The second-order valence-electron chi connectivity index (χ2n) is 3.02. The van der Waals surface area contributed by atoms with E-state index in [4.69, 9.17) is 19.6 Å². The quantitative estimate of drug-likeness (QED) is 0.245. The van der Waals surface area contributed by atoms with Crippen LogP contribution in [0.5, 0.6) is 0 Å². The number of rotatable bonds is 12. The fourth-order valence-corrected chi connectivity index (χ4v) is 6.62. The molecule has 2 atom stereocenters.